The Balaban J connectivity index is 1.82. The molecular weight excluding hydrogens is 192 g/mol. The van der Waals surface area contributed by atoms with Crippen molar-refractivity contribution >= 4 is 6.09 Å². The van der Waals surface area contributed by atoms with Crippen LogP contribution in [0.3, 0.4) is 0 Å². The highest BCUT2D eigenvalue weighted by molar-refractivity contribution is 5.69. The zero-order valence-corrected chi connectivity index (χ0v) is 9.89. The molecule has 1 heterocycles. The Bertz CT molecular complexity index is 285. The first-order chi connectivity index (χ1) is 6.83. The van der Waals surface area contributed by atoms with Crippen LogP contribution in [0.15, 0.2) is 0 Å². The van der Waals surface area contributed by atoms with Crippen LogP contribution in [0, 0.1) is 11.3 Å². The largest absolute Gasteiger partial charge is 0.444 e. The summed E-state index contributed by atoms with van der Waals surface area (Å²) < 4.78 is 5.23. The van der Waals surface area contributed by atoms with Crippen molar-refractivity contribution in [2.75, 3.05) is 13.1 Å². The van der Waals surface area contributed by atoms with E-state index in [1.54, 1.807) is 0 Å². The van der Waals surface area contributed by atoms with E-state index in [9.17, 15) is 4.79 Å². The summed E-state index contributed by atoms with van der Waals surface area (Å²) in [6.07, 6.45) is -0.289. The van der Waals surface area contributed by atoms with Crippen molar-refractivity contribution in [2.45, 2.75) is 39.3 Å². The van der Waals surface area contributed by atoms with Gasteiger partial charge in [-0.15, -0.1) is 0 Å². The van der Waals surface area contributed by atoms with Gasteiger partial charge in [0.1, 0.15) is 5.60 Å². The number of hydrogen-bond acceptors (Lipinski definition) is 3. The van der Waals surface area contributed by atoms with Crippen LogP contribution in [0.4, 0.5) is 4.79 Å². The molecule has 3 atom stereocenters. The maximum Gasteiger partial charge on any atom is 0.407 e. The highest BCUT2D eigenvalue weighted by Gasteiger charge is 2.64. The van der Waals surface area contributed by atoms with Gasteiger partial charge in [0.25, 0.3) is 0 Å². The van der Waals surface area contributed by atoms with Gasteiger partial charge in [-0.1, -0.05) is 6.92 Å². The third-order valence-corrected chi connectivity index (χ3v) is 3.39. The summed E-state index contributed by atoms with van der Waals surface area (Å²) in [5.41, 5.74) is -0.149. The van der Waals surface area contributed by atoms with Gasteiger partial charge in [0.15, 0.2) is 0 Å². The fourth-order valence-electron chi connectivity index (χ4n) is 2.45. The molecule has 1 saturated heterocycles. The van der Waals surface area contributed by atoms with Crippen LogP contribution in [0.1, 0.15) is 27.7 Å². The fourth-order valence-corrected chi connectivity index (χ4v) is 2.45. The summed E-state index contributed by atoms with van der Waals surface area (Å²) in [4.78, 5) is 11.5. The second kappa shape index (κ2) is 3.11. The Hall–Kier alpha value is -0.770. The molecule has 1 saturated carbocycles. The van der Waals surface area contributed by atoms with Crippen LogP contribution in [0.5, 0.6) is 0 Å². The molecule has 2 fully saturated rings. The number of carbonyl (C=O) groups is 1. The molecule has 1 aliphatic heterocycles. The molecule has 1 amide bonds. The number of alkyl carbamates (subject to hydrolysis) is 1. The number of fused-ring (bicyclic) bond motifs is 1. The second-order valence-electron chi connectivity index (χ2n) is 5.87. The smallest absolute Gasteiger partial charge is 0.407 e. The number of nitrogens with one attached hydrogen (secondary N) is 2. The van der Waals surface area contributed by atoms with E-state index in [1.807, 2.05) is 20.8 Å². The molecule has 15 heavy (non-hydrogen) atoms. The van der Waals surface area contributed by atoms with Gasteiger partial charge in [0.2, 0.25) is 0 Å². The molecular formula is C11H20N2O2. The predicted octanol–water partition coefficient (Wildman–Crippen LogP) is 1.12. The van der Waals surface area contributed by atoms with E-state index in [0.717, 1.165) is 13.1 Å². The Morgan fingerprint density at radius 1 is 1.53 bits per heavy atom. The van der Waals surface area contributed by atoms with Crippen molar-refractivity contribution in [3.8, 4) is 0 Å². The van der Waals surface area contributed by atoms with E-state index >= 15 is 0 Å². The zero-order valence-electron chi connectivity index (χ0n) is 9.89. The van der Waals surface area contributed by atoms with E-state index in [4.69, 9.17) is 4.74 Å². The molecule has 0 unspecified atom stereocenters. The highest BCUT2D eigenvalue weighted by atomic mass is 16.6. The Labute approximate surface area is 90.8 Å². The van der Waals surface area contributed by atoms with Crippen molar-refractivity contribution < 1.29 is 9.53 Å². The summed E-state index contributed by atoms with van der Waals surface area (Å²) in [6.45, 7) is 9.85. The maximum absolute atomic E-state index is 11.5. The molecule has 4 nitrogen and oxygen atoms in total. The van der Waals surface area contributed by atoms with E-state index in [0.29, 0.717) is 12.0 Å². The number of rotatable bonds is 1. The molecule has 2 rings (SSSR count). The van der Waals surface area contributed by atoms with Crippen molar-refractivity contribution in [1.82, 2.24) is 10.6 Å². The van der Waals surface area contributed by atoms with Gasteiger partial charge in [-0.25, -0.2) is 4.79 Å². The quantitative estimate of drug-likeness (QED) is 0.685. The molecule has 0 spiro atoms. The predicted molar refractivity (Wildman–Crippen MR) is 57.6 cm³/mol. The SMILES string of the molecule is CC(C)(C)OC(=O)N[C@H]1[C@@H]2CNC[C@@]21C. The first-order valence-corrected chi connectivity index (χ1v) is 5.53. The molecule has 0 aromatic rings. The van der Waals surface area contributed by atoms with E-state index in [2.05, 4.69) is 17.6 Å². The standard InChI is InChI=1S/C11H20N2O2/c1-10(2,3)15-9(14)13-8-7-5-12-6-11(7,8)4/h7-8,12H,5-6H2,1-4H3,(H,13,14)/t7-,8-,11-/m0/s1. The number of ether oxygens (including phenoxy) is 1. The van der Waals surface area contributed by atoms with Gasteiger partial charge in [-0.3, -0.25) is 0 Å². The van der Waals surface area contributed by atoms with Gasteiger partial charge >= 0.3 is 6.09 Å². The molecule has 2 N–H and O–H groups in total. The van der Waals surface area contributed by atoms with Crippen LogP contribution in [0.2, 0.25) is 0 Å². The first kappa shape index (κ1) is 10.7. The van der Waals surface area contributed by atoms with Crippen LogP contribution in [-0.2, 0) is 4.74 Å². The number of piperidine rings is 1. The third kappa shape index (κ3) is 1.95. The van der Waals surface area contributed by atoms with Gasteiger partial charge < -0.3 is 15.4 Å². The topological polar surface area (TPSA) is 50.4 Å². The van der Waals surface area contributed by atoms with E-state index in [-0.39, 0.29) is 11.5 Å². The summed E-state index contributed by atoms with van der Waals surface area (Å²) in [7, 11) is 0. The van der Waals surface area contributed by atoms with Crippen molar-refractivity contribution in [1.29, 1.82) is 0 Å². The molecule has 1 aliphatic carbocycles. The summed E-state index contributed by atoms with van der Waals surface area (Å²) in [5, 5.41) is 6.27. The monoisotopic (exact) mass is 212 g/mol. The minimum atomic E-state index is -0.409. The van der Waals surface area contributed by atoms with Gasteiger partial charge in [-0.05, 0) is 20.8 Å². The Morgan fingerprint density at radius 2 is 2.20 bits per heavy atom. The minimum Gasteiger partial charge on any atom is -0.444 e. The van der Waals surface area contributed by atoms with Gasteiger partial charge in [0, 0.05) is 30.5 Å². The first-order valence-electron chi connectivity index (χ1n) is 5.53. The molecule has 0 aromatic carbocycles. The molecule has 86 valence electrons. The summed E-state index contributed by atoms with van der Waals surface area (Å²) >= 11 is 0. The molecule has 0 radical (unpaired) electrons. The van der Waals surface area contributed by atoms with Gasteiger partial charge in [-0.2, -0.15) is 0 Å². The number of carbonyl (C=O) groups excluding carboxylic acids is 1. The van der Waals surface area contributed by atoms with Crippen LogP contribution < -0.4 is 10.6 Å². The third-order valence-electron chi connectivity index (χ3n) is 3.39. The van der Waals surface area contributed by atoms with Crippen molar-refractivity contribution in [3.63, 3.8) is 0 Å². The lowest BCUT2D eigenvalue weighted by Gasteiger charge is -2.20. The van der Waals surface area contributed by atoms with Crippen molar-refractivity contribution in [2.24, 2.45) is 11.3 Å². The van der Waals surface area contributed by atoms with Crippen LogP contribution in [-0.4, -0.2) is 30.8 Å². The molecule has 2 aliphatic rings. The molecule has 0 bridgehead atoms. The molecule has 4 heteroatoms. The lowest BCUT2D eigenvalue weighted by Crippen LogP contribution is -2.38. The Morgan fingerprint density at radius 3 is 2.67 bits per heavy atom. The minimum absolute atomic E-state index is 0.261. The van der Waals surface area contributed by atoms with Crippen LogP contribution >= 0.6 is 0 Å². The zero-order chi connectivity index (χ0) is 11.3. The van der Waals surface area contributed by atoms with Crippen molar-refractivity contribution in [3.05, 3.63) is 0 Å². The number of hydrogen-bond donors (Lipinski definition) is 2. The Kier molecular flexibility index (Phi) is 2.23. The average Bonchev–Trinajstić information content (AvgIpc) is 2.45. The van der Waals surface area contributed by atoms with Crippen LogP contribution in [0.25, 0.3) is 0 Å². The van der Waals surface area contributed by atoms with E-state index in [1.165, 1.54) is 0 Å². The lowest BCUT2D eigenvalue weighted by molar-refractivity contribution is 0.0514. The normalized spacial score (nSPS) is 38.4. The maximum atomic E-state index is 11.5. The fraction of sp³-hybridized carbons (Fsp3) is 0.909. The van der Waals surface area contributed by atoms with Gasteiger partial charge in [0.05, 0.1) is 0 Å². The number of amides is 1. The summed E-state index contributed by atoms with van der Waals surface area (Å²) in [5.74, 6) is 0.588. The average molecular weight is 212 g/mol. The molecule has 0 aromatic heterocycles. The van der Waals surface area contributed by atoms with E-state index < -0.39 is 5.60 Å². The summed E-state index contributed by atoms with van der Waals surface area (Å²) in [6, 6.07) is 0.300. The second-order valence-corrected chi connectivity index (χ2v) is 5.87. The lowest BCUT2D eigenvalue weighted by atomic mass is 10.1. The highest BCUT2D eigenvalue weighted by Crippen LogP contribution is 2.54.